The Kier molecular flexibility index (Phi) is 7.88. The van der Waals surface area contributed by atoms with Crippen molar-refractivity contribution < 1.29 is 22.8 Å². The summed E-state index contributed by atoms with van der Waals surface area (Å²) >= 11 is 15.3. The maximum Gasteiger partial charge on any atom is 0.435 e. The Morgan fingerprint density at radius 2 is 1.84 bits per heavy atom. The van der Waals surface area contributed by atoms with Gasteiger partial charge in [0.05, 0.1) is 23.0 Å². The Balaban J connectivity index is 1.54. The quantitative estimate of drug-likeness (QED) is 0.310. The van der Waals surface area contributed by atoms with Crippen LogP contribution in [0.25, 0.3) is 6.08 Å². The van der Waals surface area contributed by atoms with Gasteiger partial charge in [0.2, 0.25) is 0 Å². The van der Waals surface area contributed by atoms with Crippen molar-refractivity contribution in [3.05, 3.63) is 103 Å². The van der Waals surface area contributed by atoms with Crippen molar-refractivity contribution >= 4 is 62.5 Å². The molecule has 1 amide bonds. The van der Waals surface area contributed by atoms with Crippen molar-refractivity contribution in [3.63, 3.8) is 0 Å². The average molecular weight is 623 g/mol. The summed E-state index contributed by atoms with van der Waals surface area (Å²) in [6, 6.07) is 15.5. The molecule has 4 rings (SSSR count). The highest BCUT2D eigenvalue weighted by Gasteiger charge is 2.62. The fourth-order valence-corrected chi connectivity index (χ4v) is 4.79. The van der Waals surface area contributed by atoms with Gasteiger partial charge in [0, 0.05) is 32.1 Å². The van der Waals surface area contributed by atoms with Gasteiger partial charge in [-0.05, 0) is 88.6 Å². The lowest BCUT2D eigenvalue weighted by Crippen LogP contribution is -2.42. The number of halogens is 6. The molecule has 38 heavy (non-hydrogen) atoms. The summed E-state index contributed by atoms with van der Waals surface area (Å²) in [6.07, 6.45) is -2.39. The van der Waals surface area contributed by atoms with Crippen molar-refractivity contribution in [1.29, 1.82) is 5.26 Å². The van der Waals surface area contributed by atoms with E-state index in [1.165, 1.54) is 12.1 Å². The fraction of sp³-hybridized carbons (Fsp3) is 0.148. The number of anilines is 1. The van der Waals surface area contributed by atoms with Crippen molar-refractivity contribution in [2.45, 2.75) is 25.1 Å². The highest BCUT2D eigenvalue weighted by Crippen LogP contribution is 2.49. The predicted molar refractivity (Wildman–Crippen MR) is 144 cm³/mol. The monoisotopic (exact) mass is 621 g/mol. The Labute approximate surface area is 234 Å². The zero-order valence-electron chi connectivity index (χ0n) is 19.5. The van der Waals surface area contributed by atoms with Crippen LogP contribution in [0, 0.1) is 18.3 Å². The first-order chi connectivity index (χ1) is 17.9. The molecule has 0 radical (unpaired) electrons. The van der Waals surface area contributed by atoms with Crippen LogP contribution in [-0.4, -0.2) is 17.8 Å². The van der Waals surface area contributed by atoms with E-state index in [1.807, 2.05) is 6.07 Å². The number of aryl methyl sites for hydroxylation is 1. The van der Waals surface area contributed by atoms with Crippen molar-refractivity contribution in [2.24, 2.45) is 5.16 Å². The summed E-state index contributed by atoms with van der Waals surface area (Å²) in [4.78, 5) is 17.8. The molecule has 11 heteroatoms. The molecule has 194 valence electrons. The zero-order valence-corrected chi connectivity index (χ0v) is 22.6. The topological polar surface area (TPSA) is 74.5 Å². The number of rotatable bonds is 5. The summed E-state index contributed by atoms with van der Waals surface area (Å²) in [7, 11) is 0. The minimum absolute atomic E-state index is 0.0457. The zero-order chi connectivity index (χ0) is 27.7. The largest absolute Gasteiger partial charge is 0.435 e. The van der Waals surface area contributed by atoms with Crippen LogP contribution in [0.5, 0.6) is 0 Å². The third kappa shape index (κ3) is 5.73. The molecule has 0 aliphatic carbocycles. The summed E-state index contributed by atoms with van der Waals surface area (Å²) in [5, 5.41) is 15.6. The summed E-state index contributed by atoms with van der Waals surface area (Å²) in [5.41, 5.74) is -0.387. The lowest BCUT2D eigenvalue weighted by Gasteiger charge is -2.29. The van der Waals surface area contributed by atoms with E-state index in [2.05, 4.69) is 26.4 Å². The van der Waals surface area contributed by atoms with Gasteiger partial charge in [0.15, 0.2) is 0 Å². The number of amides is 1. The van der Waals surface area contributed by atoms with Gasteiger partial charge in [-0.2, -0.15) is 18.4 Å². The molecule has 1 atom stereocenters. The first kappa shape index (κ1) is 27.7. The van der Waals surface area contributed by atoms with E-state index in [0.29, 0.717) is 32.4 Å². The molecule has 0 saturated carbocycles. The number of benzene rings is 3. The van der Waals surface area contributed by atoms with E-state index in [-0.39, 0.29) is 27.2 Å². The number of oxime groups is 1. The van der Waals surface area contributed by atoms with Crippen LogP contribution < -0.4 is 5.32 Å². The van der Waals surface area contributed by atoms with Crippen LogP contribution in [0.4, 0.5) is 18.9 Å². The highest BCUT2D eigenvalue weighted by atomic mass is 79.9. The Bertz CT molecular complexity index is 1510. The lowest BCUT2D eigenvalue weighted by atomic mass is 9.88. The van der Waals surface area contributed by atoms with Gasteiger partial charge in [-0.25, -0.2) is 0 Å². The molecular formula is C27H17BrCl2F3N3O2. The van der Waals surface area contributed by atoms with Gasteiger partial charge in [-0.15, -0.1) is 0 Å². The second kappa shape index (κ2) is 10.8. The minimum atomic E-state index is -4.79. The number of carbonyl (C=O) groups is 1. The fourth-order valence-electron chi connectivity index (χ4n) is 3.92. The molecule has 0 fully saturated rings. The maximum atomic E-state index is 14.2. The van der Waals surface area contributed by atoms with E-state index in [0.717, 1.165) is 12.1 Å². The van der Waals surface area contributed by atoms with Crippen molar-refractivity contribution in [1.82, 2.24) is 0 Å². The maximum absolute atomic E-state index is 14.2. The third-order valence-electron chi connectivity index (χ3n) is 5.84. The first-order valence-corrected chi connectivity index (χ1v) is 12.5. The van der Waals surface area contributed by atoms with Gasteiger partial charge in [-0.3, -0.25) is 4.79 Å². The number of nitriles is 1. The Morgan fingerprint density at radius 1 is 1.13 bits per heavy atom. The smallest absolute Gasteiger partial charge is 0.374 e. The summed E-state index contributed by atoms with van der Waals surface area (Å²) < 4.78 is 43.1. The van der Waals surface area contributed by atoms with Crippen molar-refractivity contribution in [2.75, 3.05) is 5.32 Å². The summed E-state index contributed by atoms with van der Waals surface area (Å²) in [6.45, 7) is 1.73. The van der Waals surface area contributed by atoms with E-state index >= 15 is 0 Å². The Morgan fingerprint density at radius 3 is 2.47 bits per heavy atom. The number of carbonyl (C=O) groups excluding carboxylic acids is 1. The third-order valence-corrected chi connectivity index (χ3v) is 6.97. The van der Waals surface area contributed by atoms with Crippen LogP contribution in [0.15, 0.2) is 70.3 Å². The molecule has 1 aliphatic rings. The molecule has 1 aliphatic heterocycles. The molecular weight excluding hydrogens is 606 g/mol. The molecule has 0 spiro atoms. The molecule has 1 unspecified atom stereocenters. The van der Waals surface area contributed by atoms with Gasteiger partial charge >= 0.3 is 6.18 Å². The minimum Gasteiger partial charge on any atom is -0.374 e. The molecule has 0 saturated heterocycles. The number of allylic oxidation sites excluding steroid dienone is 1. The van der Waals surface area contributed by atoms with Crippen LogP contribution in [0.3, 0.4) is 0 Å². The van der Waals surface area contributed by atoms with Crippen molar-refractivity contribution in [3.8, 4) is 6.07 Å². The molecule has 1 N–H and O–H groups in total. The van der Waals surface area contributed by atoms with Gasteiger partial charge in [-0.1, -0.05) is 40.5 Å². The standard InChI is InChI=1S/C27H17BrCl2F3N3O2/c1-15-8-17(14-34)3-6-22(15)25(37)35-24-9-16(4-7-23(24)28)2-5-21-13-26(38-36-21,27(31,32)33)18-10-19(29)12-20(30)11-18/h2-12H,13H2,1H3,(H,35,37)/b5-2+. The van der Waals surface area contributed by atoms with Gasteiger partial charge < -0.3 is 10.2 Å². The Hall–Kier alpha value is -3.32. The number of nitrogens with zero attached hydrogens (tertiary/aromatic N) is 2. The van der Waals surface area contributed by atoms with Crippen LogP contribution in [0.1, 0.15) is 39.0 Å². The van der Waals surface area contributed by atoms with E-state index in [4.69, 9.17) is 33.3 Å². The molecule has 5 nitrogen and oxygen atoms in total. The molecule has 1 heterocycles. The number of alkyl halides is 3. The molecule has 0 bridgehead atoms. The van der Waals surface area contributed by atoms with Crippen LogP contribution >= 0.6 is 39.1 Å². The normalized spacial score (nSPS) is 17.2. The molecule has 3 aromatic rings. The van der Waals surface area contributed by atoms with Crippen LogP contribution in [-0.2, 0) is 10.4 Å². The van der Waals surface area contributed by atoms with Crippen LogP contribution in [0.2, 0.25) is 10.0 Å². The first-order valence-electron chi connectivity index (χ1n) is 11.0. The second-order valence-electron chi connectivity index (χ2n) is 8.50. The SMILES string of the molecule is Cc1cc(C#N)ccc1C(=O)Nc1cc(/C=C/C2=NOC(c3cc(Cl)cc(Cl)c3)(C(F)(F)F)C2)ccc1Br. The number of hydrogen-bond acceptors (Lipinski definition) is 4. The number of nitrogens with one attached hydrogen (secondary N) is 1. The average Bonchev–Trinajstić information content (AvgIpc) is 3.30. The second-order valence-corrected chi connectivity index (χ2v) is 10.2. The van der Waals surface area contributed by atoms with Gasteiger partial charge in [0.1, 0.15) is 0 Å². The molecule has 3 aromatic carbocycles. The number of hydrogen-bond donors (Lipinski definition) is 1. The highest BCUT2D eigenvalue weighted by molar-refractivity contribution is 9.10. The summed E-state index contributed by atoms with van der Waals surface area (Å²) in [5.74, 6) is -0.377. The van der Waals surface area contributed by atoms with E-state index < -0.39 is 18.2 Å². The van der Waals surface area contributed by atoms with E-state index in [1.54, 1.807) is 49.4 Å². The van der Waals surface area contributed by atoms with E-state index in [9.17, 15) is 18.0 Å². The van der Waals surface area contributed by atoms with Gasteiger partial charge in [0.25, 0.3) is 11.5 Å². The molecule has 0 aromatic heterocycles. The predicted octanol–water partition coefficient (Wildman–Crippen LogP) is 8.44. The lowest BCUT2D eigenvalue weighted by molar-refractivity contribution is -0.275.